The lowest BCUT2D eigenvalue weighted by atomic mass is 9.95. The van der Waals surface area contributed by atoms with Gasteiger partial charge in [-0.05, 0) is 41.6 Å². The van der Waals surface area contributed by atoms with E-state index < -0.39 is 0 Å². The van der Waals surface area contributed by atoms with Gasteiger partial charge in [0.1, 0.15) is 12.4 Å². The molecule has 3 heterocycles. The average molecular weight is 391 g/mol. The van der Waals surface area contributed by atoms with Gasteiger partial charge in [-0.3, -0.25) is 9.59 Å². The van der Waals surface area contributed by atoms with Crippen LogP contribution in [-0.4, -0.2) is 54.4 Å². The summed E-state index contributed by atoms with van der Waals surface area (Å²) in [5.74, 6) is 0.765. The molecule has 1 aromatic carbocycles. The second-order valence-electron chi connectivity index (χ2n) is 6.56. The Morgan fingerprint density at radius 2 is 1.88 bits per heavy atom. The Bertz CT molecular complexity index is 816. The molecule has 26 heavy (non-hydrogen) atoms. The van der Waals surface area contributed by atoms with E-state index >= 15 is 0 Å². The minimum atomic E-state index is -0.194. The van der Waals surface area contributed by atoms with Crippen molar-refractivity contribution in [1.29, 1.82) is 0 Å². The van der Waals surface area contributed by atoms with E-state index in [9.17, 15) is 9.59 Å². The Morgan fingerprint density at radius 3 is 2.62 bits per heavy atom. The van der Waals surface area contributed by atoms with Crippen LogP contribution in [0.15, 0.2) is 35.7 Å². The van der Waals surface area contributed by atoms with Gasteiger partial charge in [-0.2, -0.15) is 0 Å². The highest BCUT2D eigenvalue weighted by Crippen LogP contribution is 2.30. The second kappa shape index (κ2) is 7.29. The number of fused-ring (bicyclic) bond motifs is 1. The maximum atomic E-state index is 12.9. The number of nitrogens with zero attached hydrogens (tertiary/aromatic N) is 2. The van der Waals surface area contributed by atoms with Crippen LogP contribution in [0.25, 0.3) is 0 Å². The van der Waals surface area contributed by atoms with Crippen molar-refractivity contribution in [1.82, 2.24) is 9.80 Å². The topological polar surface area (TPSA) is 49.9 Å². The lowest BCUT2D eigenvalue weighted by molar-refractivity contribution is -0.138. The Labute approximate surface area is 161 Å². The number of halogens is 1. The number of carbonyl (C=O) groups excluding carboxylic acids is 2. The molecule has 2 amide bonds. The molecule has 0 bridgehead atoms. The molecule has 0 N–H and O–H groups in total. The third-order valence-corrected chi connectivity index (χ3v) is 5.98. The first-order chi connectivity index (χ1) is 12.6. The van der Waals surface area contributed by atoms with E-state index in [-0.39, 0.29) is 17.7 Å². The number of piperazine rings is 1. The highest BCUT2D eigenvalue weighted by molar-refractivity contribution is 7.12. The van der Waals surface area contributed by atoms with Crippen LogP contribution >= 0.6 is 22.9 Å². The molecule has 4 rings (SSSR count). The van der Waals surface area contributed by atoms with E-state index in [1.54, 1.807) is 6.07 Å². The van der Waals surface area contributed by atoms with Crippen molar-refractivity contribution in [2.75, 3.05) is 32.8 Å². The first kappa shape index (κ1) is 17.4. The second-order valence-corrected chi connectivity index (χ2v) is 7.94. The molecule has 7 heteroatoms. The van der Waals surface area contributed by atoms with Gasteiger partial charge in [-0.1, -0.05) is 17.7 Å². The minimum Gasteiger partial charge on any atom is -0.492 e. The van der Waals surface area contributed by atoms with Gasteiger partial charge in [-0.15, -0.1) is 11.3 Å². The molecule has 136 valence electrons. The minimum absolute atomic E-state index is 0.0525. The molecule has 1 fully saturated rings. The van der Waals surface area contributed by atoms with E-state index in [0.717, 1.165) is 16.2 Å². The molecule has 2 aromatic rings. The molecule has 0 unspecified atom stereocenters. The summed E-state index contributed by atoms with van der Waals surface area (Å²) >= 11 is 7.50. The zero-order chi connectivity index (χ0) is 18.1. The lowest BCUT2D eigenvalue weighted by Crippen LogP contribution is -2.52. The zero-order valence-electron chi connectivity index (χ0n) is 14.2. The summed E-state index contributed by atoms with van der Waals surface area (Å²) in [6.07, 6.45) is 0.642. The van der Waals surface area contributed by atoms with Crippen molar-refractivity contribution in [3.8, 4) is 5.75 Å². The van der Waals surface area contributed by atoms with E-state index in [0.29, 0.717) is 44.2 Å². The zero-order valence-corrected chi connectivity index (χ0v) is 15.8. The summed E-state index contributed by atoms with van der Waals surface area (Å²) in [5.41, 5.74) is 0.980. The van der Waals surface area contributed by atoms with Gasteiger partial charge in [0, 0.05) is 31.2 Å². The maximum Gasteiger partial charge on any atom is 0.264 e. The Kier molecular flexibility index (Phi) is 4.87. The summed E-state index contributed by atoms with van der Waals surface area (Å²) in [4.78, 5) is 29.7. The van der Waals surface area contributed by atoms with Gasteiger partial charge >= 0.3 is 0 Å². The molecule has 0 spiro atoms. The average Bonchev–Trinajstić information content (AvgIpc) is 3.21. The van der Waals surface area contributed by atoms with Crippen LogP contribution < -0.4 is 4.74 Å². The summed E-state index contributed by atoms with van der Waals surface area (Å²) in [6, 6.07) is 9.24. The van der Waals surface area contributed by atoms with Crippen molar-refractivity contribution in [3.63, 3.8) is 0 Å². The predicted molar refractivity (Wildman–Crippen MR) is 101 cm³/mol. The largest absolute Gasteiger partial charge is 0.492 e. The molecule has 1 atom stereocenters. The van der Waals surface area contributed by atoms with Crippen LogP contribution in [0.3, 0.4) is 0 Å². The molecule has 5 nitrogen and oxygen atoms in total. The molecule has 1 aromatic heterocycles. The number of rotatable bonds is 2. The Hall–Kier alpha value is -2.05. The van der Waals surface area contributed by atoms with Gasteiger partial charge in [0.05, 0.1) is 10.8 Å². The fourth-order valence-electron chi connectivity index (χ4n) is 3.47. The van der Waals surface area contributed by atoms with Crippen LogP contribution in [0.4, 0.5) is 0 Å². The van der Waals surface area contributed by atoms with Gasteiger partial charge < -0.3 is 14.5 Å². The van der Waals surface area contributed by atoms with Crippen LogP contribution in [0.2, 0.25) is 5.02 Å². The fraction of sp³-hybridized carbons (Fsp3) is 0.368. The van der Waals surface area contributed by atoms with Gasteiger partial charge in [0.15, 0.2) is 0 Å². The van der Waals surface area contributed by atoms with Crippen molar-refractivity contribution < 1.29 is 14.3 Å². The molecule has 0 saturated carbocycles. The SMILES string of the molecule is O=C(c1cccs1)N1CCN(C(=O)[C@@H]2COc3ccc(Cl)cc3C2)CC1. The summed E-state index contributed by atoms with van der Waals surface area (Å²) in [5, 5.41) is 2.56. The number of thiophene rings is 1. The van der Waals surface area contributed by atoms with Crippen molar-refractivity contribution in [2.45, 2.75) is 6.42 Å². The Morgan fingerprint density at radius 1 is 1.12 bits per heavy atom. The van der Waals surface area contributed by atoms with Gasteiger partial charge in [0.2, 0.25) is 5.91 Å². The normalized spacial score (nSPS) is 19.7. The van der Waals surface area contributed by atoms with E-state index in [4.69, 9.17) is 16.3 Å². The van der Waals surface area contributed by atoms with E-state index in [1.165, 1.54) is 11.3 Å². The molecule has 2 aliphatic heterocycles. The molecule has 1 saturated heterocycles. The maximum absolute atomic E-state index is 12.9. The third kappa shape index (κ3) is 3.44. The molecule has 0 aliphatic carbocycles. The number of carbonyl (C=O) groups is 2. The van der Waals surface area contributed by atoms with E-state index in [1.807, 2.05) is 39.4 Å². The van der Waals surface area contributed by atoms with E-state index in [2.05, 4.69) is 0 Å². The Balaban J connectivity index is 1.36. The first-order valence-electron chi connectivity index (χ1n) is 8.64. The monoisotopic (exact) mass is 390 g/mol. The number of amides is 2. The van der Waals surface area contributed by atoms with Crippen LogP contribution in [0, 0.1) is 5.92 Å². The highest BCUT2D eigenvalue weighted by Gasteiger charge is 2.32. The number of hydrogen-bond donors (Lipinski definition) is 0. The van der Waals surface area contributed by atoms with Crippen LogP contribution in [0.5, 0.6) is 5.75 Å². The highest BCUT2D eigenvalue weighted by atomic mass is 35.5. The lowest BCUT2D eigenvalue weighted by Gasteiger charge is -2.37. The molecule has 0 radical (unpaired) electrons. The number of hydrogen-bond acceptors (Lipinski definition) is 4. The summed E-state index contributed by atoms with van der Waals surface area (Å²) in [6.45, 7) is 2.66. The standard InChI is InChI=1S/C19H19ClN2O3S/c20-15-3-4-16-13(11-15)10-14(12-25-16)18(23)21-5-7-22(8-6-21)19(24)17-2-1-9-26-17/h1-4,9,11,14H,5-8,10,12H2/t14-/m0/s1. The van der Waals surface area contributed by atoms with Crippen molar-refractivity contribution >= 4 is 34.8 Å². The first-order valence-corrected chi connectivity index (χ1v) is 9.90. The van der Waals surface area contributed by atoms with Gasteiger partial charge in [0.25, 0.3) is 5.91 Å². The predicted octanol–water partition coefficient (Wildman–Crippen LogP) is 2.94. The van der Waals surface area contributed by atoms with Crippen molar-refractivity contribution in [3.05, 3.63) is 51.2 Å². The number of benzene rings is 1. The third-order valence-electron chi connectivity index (χ3n) is 4.89. The fourth-order valence-corrected chi connectivity index (χ4v) is 4.35. The molecule has 2 aliphatic rings. The molecular formula is C19H19ClN2O3S. The molecular weight excluding hydrogens is 372 g/mol. The number of ether oxygens (including phenoxy) is 1. The van der Waals surface area contributed by atoms with Crippen LogP contribution in [0.1, 0.15) is 15.2 Å². The summed E-state index contributed by atoms with van der Waals surface area (Å²) in [7, 11) is 0. The smallest absolute Gasteiger partial charge is 0.264 e. The quantitative estimate of drug-likeness (QED) is 0.792. The summed E-state index contributed by atoms with van der Waals surface area (Å²) < 4.78 is 5.74. The van der Waals surface area contributed by atoms with Crippen LogP contribution in [-0.2, 0) is 11.2 Å². The van der Waals surface area contributed by atoms with Crippen molar-refractivity contribution in [2.24, 2.45) is 5.92 Å². The van der Waals surface area contributed by atoms with Gasteiger partial charge in [-0.25, -0.2) is 0 Å².